The SMILES string of the molecule is CCCCCCCCCCN(CCCCCCCCCC)C(S)=[S]=[Zn]. The van der Waals surface area contributed by atoms with Gasteiger partial charge in [0.05, 0.1) is 0 Å². The maximum absolute atomic E-state index is 4.73. The van der Waals surface area contributed by atoms with Crippen LogP contribution in [-0.2, 0) is 16.6 Å². The van der Waals surface area contributed by atoms with Crippen LogP contribution in [0.2, 0.25) is 0 Å². The van der Waals surface area contributed by atoms with E-state index in [1.165, 1.54) is 137 Å². The molecule has 0 aliphatic rings. The van der Waals surface area contributed by atoms with Gasteiger partial charge in [-0.1, -0.05) is 13.8 Å². The van der Waals surface area contributed by atoms with Gasteiger partial charge in [-0.05, 0) is 0 Å². The van der Waals surface area contributed by atoms with Crippen molar-refractivity contribution < 1.29 is 16.6 Å². The number of unbranched alkanes of at least 4 members (excludes halogenated alkanes) is 14. The summed E-state index contributed by atoms with van der Waals surface area (Å²) in [5.74, 6) is 0. The Labute approximate surface area is 176 Å². The summed E-state index contributed by atoms with van der Waals surface area (Å²) in [6.45, 7) is 7.02. The van der Waals surface area contributed by atoms with Crippen LogP contribution in [0.15, 0.2) is 0 Å². The van der Waals surface area contributed by atoms with Gasteiger partial charge in [0, 0.05) is 0 Å². The molecule has 0 bridgehead atoms. The van der Waals surface area contributed by atoms with Gasteiger partial charge in [-0.2, -0.15) is 0 Å². The van der Waals surface area contributed by atoms with E-state index in [9.17, 15) is 0 Å². The molecule has 0 heterocycles. The van der Waals surface area contributed by atoms with Crippen LogP contribution in [0, 0.1) is 0 Å². The monoisotopic (exact) mass is 437 g/mol. The minimum absolute atomic E-state index is 1.22. The molecule has 0 N–H and O–H groups in total. The fraction of sp³-hybridized carbons (Fsp3) is 0.952. The summed E-state index contributed by atoms with van der Waals surface area (Å²) in [7, 11) is 1.92. The average Bonchev–Trinajstić information content (AvgIpc) is 2.63. The minimum atomic E-state index is 1.22. The average molecular weight is 439 g/mol. The summed E-state index contributed by atoms with van der Waals surface area (Å²) >= 11 is 5.98. The van der Waals surface area contributed by atoms with Crippen LogP contribution in [0.5, 0.6) is 0 Å². The quantitative estimate of drug-likeness (QED) is 0.0988. The third kappa shape index (κ3) is 18.2. The molecule has 0 aliphatic carbocycles. The van der Waals surface area contributed by atoms with E-state index in [2.05, 4.69) is 18.7 Å². The fourth-order valence-electron chi connectivity index (χ4n) is 3.27. The van der Waals surface area contributed by atoms with Crippen LogP contribution < -0.4 is 0 Å². The first-order chi connectivity index (χ1) is 12.3. The van der Waals surface area contributed by atoms with Crippen molar-refractivity contribution in [3.05, 3.63) is 0 Å². The molecule has 0 unspecified atom stereocenters. The van der Waals surface area contributed by atoms with Gasteiger partial charge >= 0.3 is 163 Å². The van der Waals surface area contributed by atoms with Crippen molar-refractivity contribution in [3.63, 3.8) is 0 Å². The van der Waals surface area contributed by atoms with Crippen molar-refractivity contribution in [2.24, 2.45) is 0 Å². The van der Waals surface area contributed by atoms with Crippen molar-refractivity contribution in [2.45, 2.75) is 117 Å². The van der Waals surface area contributed by atoms with Crippen LogP contribution in [-0.4, -0.2) is 22.3 Å². The Bertz CT molecular complexity index is 310. The molecule has 0 radical (unpaired) electrons. The van der Waals surface area contributed by atoms with Crippen molar-refractivity contribution in [1.29, 1.82) is 0 Å². The second kappa shape index (κ2) is 21.3. The summed E-state index contributed by atoms with van der Waals surface area (Å²) in [6.07, 6.45) is 22.5. The van der Waals surface area contributed by atoms with E-state index in [1.807, 2.05) is 8.84 Å². The second-order valence-corrected chi connectivity index (χ2v) is 10.6. The van der Waals surface area contributed by atoms with E-state index in [0.717, 1.165) is 0 Å². The Kier molecular flexibility index (Phi) is 22.2. The van der Waals surface area contributed by atoms with Gasteiger partial charge in [0.2, 0.25) is 0 Å². The van der Waals surface area contributed by atoms with Crippen LogP contribution >= 0.6 is 21.5 Å². The summed E-state index contributed by atoms with van der Waals surface area (Å²) in [5.41, 5.74) is 0. The molecule has 0 fully saturated rings. The predicted octanol–water partition coefficient (Wildman–Crippen LogP) is 7.78. The zero-order valence-corrected chi connectivity index (χ0v) is 21.9. The summed E-state index contributed by atoms with van der Waals surface area (Å²) in [5, 5.41) is 0. The van der Waals surface area contributed by atoms with Gasteiger partial charge in [0.1, 0.15) is 0 Å². The number of hydrogen-bond donors (Lipinski definition) is 1. The van der Waals surface area contributed by atoms with E-state index in [-0.39, 0.29) is 0 Å². The standard InChI is InChI=1S/C21H43NS2.Zn/c1-3-5-7-9-11-13-15-17-19-22(21(23)24)20-18-16-14-12-10-8-6-4-2;/h3-20H2,1-2H3,(H,23,24);. The summed E-state index contributed by atoms with van der Waals surface area (Å²) in [4.78, 5) is 2.55. The molecule has 0 amide bonds. The first kappa shape index (κ1) is 26.0. The molecular weight excluding hydrogens is 396 g/mol. The van der Waals surface area contributed by atoms with Crippen molar-refractivity contribution in [2.75, 3.05) is 13.1 Å². The number of thiol groups is 1. The van der Waals surface area contributed by atoms with Gasteiger partial charge < -0.3 is 0 Å². The molecule has 0 rings (SSSR count). The van der Waals surface area contributed by atoms with E-state index >= 15 is 0 Å². The van der Waals surface area contributed by atoms with Crippen LogP contribution in [0.25, 0.3) is 0 Å². The Hall–Kier alpha value is 1.02. The van der Waals surface area contributed by atoms with Gasteiger partial charge in [-0.3, -0.25) is 0 Å². The van der Waals surface area contributed by atoms with Gasteiger partial charge in [0.25, 0.3) is 0 Å². The number of nitrogens with zero attached hydrogens (tertiary/aromatic N) is 1. The molecule has 0 saturated heterocycles. The molecule has 0 saturated carbocycles. The molecule has 146 valence electrons. The van der Waals surface area contributed by atoms with Crippen LogP contribution in [0.3, 0.4) is 0 Å². The molecule has 1 nitrogen and oxygen atoms in total. The molecule has 0 spiro atoms. The van der Waals surface area contributed by atoms with Gasteiger partial charge in [-0.15, -0.1) is 0 Å². The third-order valence-electron chi connectivity index (χ3n) is 4.96. The Morgan fingerprint density at radius 1 is 0.640 bits per heavy atom. The molecular formula is C21H43NS2Zn. The topological polar surface area (TPSA) is 3.24 Å². The number of hydrogen-bond acceptors (Lipinski definition) is 0. The van der Waals surface area contributed by atoms with Crippen molar-refractivity contribution in [3.8, 4) is 0 Å². The zero-order valence-electron chi connectivity index (χ0n) is 17.2. The molecule has 4 heteroatoms. The van der Waals surface area contributed by atoms with Crippen LogP contribution in [0.1, 0.15) is 117 Å². The molecule has 0 aromatic carbocycles. The normalized spacial score (nSPS) is 11.3. The van der Waals surface area contributed by atoms with Crippen molar-refractivity contribution >= 4 is 25.8 Å². The maximum atomic E-state index is 4.73. The summed E-state index contributed by atoms with van der Waals surface area (Å²) in [6, 6.07) is 0. The Morgan fingerprint density at radius 3 is 1.28 bits per heavy atom. The summed E-state index contributed by atoms with van der Waals surface area (Å²) < 4.78 is 1.27. The predicted molar refractivity (Wildman–Crippen MR) is 118 cm³/mol. The van der Waals surface area contributed by atoms with Crippen LogP contribution in [0.4, 0.5) is 0 Å². The van der Waals surface area contributed by atoms with E-state index in [1.54, 1.807) is 0 Å². The molecule has 0 atom stereocenters. The first-order valence-electron chi connectivity index (χ1n) is 11.0. The molecule has 0 aromatic rings. The van der Waals surface area contributed by atoms with Crippen molar-refractivity contribution in [1.82, 2.24) is 4.90 Å². The van der Waals surface area contributed by atoms with E-state index in [4.69, 9.17) is 12.6 Å². The molecule has 0 aromatic heterocycles. The van der Waals surface area contributed by atoms with E-state index < -0.39 is 0 Å². The van der Waals surface area contributed by atoms with Gasteiger partial charge in [-0.25, -0.2) is 0 Å². The third-order valence-corrected chi connectivity index (χ3v) is 9.40. The fourth-order valence-corrected chi connectivity index (χ4v) is 4.98. The second-order valence-electron chi connectivity index (χ2n) is 7.36. The Balaban J connectivity index is 3.68. The Morgan fingerprint density at radius 2 is 0.960 bits per heavy atom. The van der Waals surface area contributed by atoms with Gasteiger partial charge in [0.15, 0.2) is 0 Å². The number of rotatable bonds is 18. The molecule has 0 aliphatic heterocycles. The first-order valence-corrected chi connectivity index (χ1v) is 16.1. The van der Waals surface area contributed by atoms with E-state index in [0.29, 0.717) is 0 Å². The molecule has 25 heavy (non-hydrogen) atoms. The zero-order chi connectivity index (χ0) is 18.6.